The molecule has 3 N–H and O–H groups in total. The van der Waals surface area contributed by atoms with E-state index in [0.717, 1.165) is 0 Å². The fourth-order valence-electron chi connectivity index (χ4n) is 1.40. The smallest absolute Gasteiger partial charge is 0.241 e. The molecule has 0 saturated heterocycles. The minimum absolute atomic E-state index is 0.0872. The van der Waals surface area contributed by atoms with Crippen LogP contribution in [0.2, 0.25) is 0 Å². The Morgan fingerprint density at radius 2 is 2.17 bits per heavy atom. The molecule has 7 nitrogen and oxygen atoms in total. The lowest BCUT2D eigenvalue weighted by molar-refractivity contribution is 0.577. The number of sulfonamides is 1. The Morgan fingerprint density at radius 3 is 2.78 bits per heavy atom. The van der Waals surface area contributed by atoms with Crippen LogP contribution in [-0.2, 0) is 23.6 Å². The highest BCUT2D eigenvalue weighted by Gasteiger charge is 2.15. The highest BCUT2D eigenvalue weighted by Crippen LogP contribution is 2.10. The van der Waals surface area contributed by atoms with Crippen LogP contribution in [0.4, 0.5) is 5.82 Å². The van der Waals surface area contributed by atoms with Gasteiger partial charge in [-0.2, -0.15) is 0 Å². The molecule has 2 rings (SSSR count). The molecule has 0 fully saturated rings. The van der Waals surface area contributed by atoms with Crippen LogP contribution in [0.15, 0.2) is 35.6 Å². The van der Waals surface area contributed by atoms with Gasteiger partial charge in [0.25, 0.3) is 0 Å². The third-order valence-electron chi connectivity index (χ3n) is 2.40. The van der Waals surface area contributed by atoms with Crippen molar-refractivity contribution in [3.8, 4) is 0 Å². The summed E-state index contributed by atoms with van der Waals surface area (Å²) in [5, 5.41) is 0. The van der Waals surface area contributed by atoms with Crippen molar-refractivity contribution < 1.29 is 8.42 Å². The minimum atomic E-state index is -3.60. The number of hydrogen-bond donors (Lipinski definition) is 2. The first-order valence-electron chi connectivity index (χ1n) is 5.16. The Labute approximate surface area is 105 Å². The van der Waals surface area contributed by atoms with Gasteiger partial charge in [-0.3, -0.25) is 0 Å². The van der Waals surface area contributed by atoms with Gasteiger partial charge in [0.05, 0.1) is 11.4 Å². The van der Waals surface area contributed by atoms with Gasteiger partial charge in [0, 0.05) is 31.7 Å². The molecule has 2 aromatic rings. The van der Waals surface area contributed by atoms with Crippen LogP contribution in [0.3, 0.4) is 0 Å². The van der Waals surface area contributed by atoms with Gasteiger partial charge < -0.3 is 10.3 Å². The fourth-order valence-corrected chi connectivity index (χ4v) is 2.41. The molecule has 0 aliphatic carbocycles. The van der Waals surface area contributed by atoms with Crippen LogP contribution >= 0.6 is 0 Å². The van der Waals surface area contributed by atoms with Crippen molar-refractivity contribution >= 4 is 15.8 Å². The number of nitrogens with two attached hydrogens (primary N) is 1. The predicted octanol–water partition coefficient (Wildman–Crippen LogP) is -0.124. The van der Waals surface area contributed by atoms with Gasteiger partial charge in [-0.15, -0.1) is 0 Å². The summed E-state index contributed by atoms with van der Waals surface area (Å²) < 4.78 is 28.1. The van der Waals surface area contributed by atoms with Crippen molar-refractivity contribution in [3.63, 3.8) is 0 Å². The second-order valence-electron chi connectivity index (χ2n) is 3.70. The van der Waals surface area contributed by atoms with Crippen molar-refractivity contribution in [2.75, 3.05) is 5.73 Å². The number of aryl methyl sites for hydroxylation is 1. The lowest BCUT2D eigenvalue weighted by Gasteiger charge is -2.07. The van der Waals surface area contributed by atoms with E-state index in [9.17, 15) is 8.42 Å². The van der Waals surface area contributed by atoms with Gasteiger partial charge in [-0.05, 0) is 6.07 Å². The summed E-state index contributed by atoms with van der Waals surface area (Å²) >= 11 is 0. The summed E-state index contributed by atoms with van der Waals surface area (Å²) in [5.41, 5.74) is 5.45. The summed E-state index contributed by atoms with van der Waals surface area (Å²) in [6.07, 6.45) is 4.70. The van der Waals surface area contributed by atoms with Gasteiger partial charge in [-0.25, -0.2) is 23.1 Å². The van der Waals surface area contributed by atoms with E-state index in [2.05, 4.69) is 14.7 Å². The molecule has 96 valence electrons. The van der Waals surface area contributed by atoms with E-state index < -0.39 is 10.0 Å². The predicted molar refractivity (Wildman–Crippen MR) is 65.9 cm³/mol. The molecule has 0 amide bonds. The number of pyridine rings is 1. The first kappa shape index (κ1) is 12.5. The van der Waals surface area contributed by atoms with Crippen molar-refractivity contribution in [2.45, 2.75) is 11.4 Å². The molecule has 18 heavy (non-hydrogen) atoms. The van der Waals surface area contributed by atoms with Crippen molar-refractivity contribution in [1.82, 2.24) is 19.3 Å². The molecule has 0 aromatic carbocycles. The number of nitrogens with one attached hydrogen (secondary N) is 1. The quantitative estimate of drug-likeness (QED) is 0.803. The molecule has 0 saturated carbocycles. The third-order valence-corrected chi connectivity index (χ3v) is 3.80. The molecular weight excluding hydrogens is 254 g/mol. The molecule has 0 unspecified atom stereocenters. The molecule has 0 bridgehead atoms. The maximum Gasteiger partial charge on any atom is 0.241 e. The molecule has 0 atom stereocenters. The van der Waals surface area contributed by atoms with Crippen LogP contribution < -0.4 is 10.5 Å². The highest BCUT2D eigenvalue weighted by atomic mass is 32.2. The van der Waals surface area contributed by atoms with E-state index in [1.807, 2.05) is 0 Å². The first-order valence-corrected chi connectivity index (χ1v) is 6.65. The van der Waals surface area contributed by atoms with E-state index in [-0.39, 0.29) is 17.3 Å². The molecule has 8 heteroatoms. The van der Waals surface area contributed by atoms with Gasteiger partial charge in [0.1, 0.15) is 11.6 Å². The molecular formula is C10H13N5O2S. The minimum Gasteiger partial charge on any atom is -0.384 e. The largest absolute Gasteiger partial charge is 0.384 e. The summed E-state index contributed by atoms with van der Waals surface area (Å²) in [4.78, 5) is 7.86. The van der Waals surface area contributed by atoms with Crippen LogP contribution in [0.5, 0.6) is 0 Å². The second kappa shape index (κ2) is 4.75. The Kier molecular flexibility index (Phi) is 3.30. The lowest BCUT2D eigenvalue weighted by atomic mass is 10.5. The molecule has 0 aliphatic heterocycles. The average molecular weight is 267 g/mol. The number of aromatic nitrogens is 3. The number of imidazole rings is 1. The van der Waals surface area contributed by atoms with E-state index >= 15 is 0 Å². The number of nitrogens with zero attached hydrogens (tertiary/aromatic N) is 3. The van der Waals surface area contributed by atoms with Crippen molar-refractivity contribution in [3.05, 3.63) is 36.5 Å². The number of anilines is 1. The number of hydrogen-bond acceptors (Lipinski definition) is 5. The summed E-state index contributed by atoms with van der Waals surface area (Å²) in [6.45, 7) is 0.119. The summed E-state index contributed by atoms with van der Waals surface area (Å²) in [5.74, 6) is 0.787. The highest BCUT2D eigenvalue weighted by molar-refractivity contribution is 7.89. The molecule has 0 aliphatic rings. The Morgan fingerprint density at radius 1 is 1.39 bits per heavy atom. The van der Waals surface area contributed by atoms with Crippen molar-refractivity contribution in [2.24, 2.45) is 7.05 Å². The monoisotopic (exact) mass is 267 g/mol. The Hall–Kier alpha value is -1.93. The zero-order valence-corrected chi connectivity index (χ0v) is 10.6. The molecule has 0 radical (unpaired) electrons. The number of rotatable bonds is 4. The molecule has 2 heterocycles. The zero-order valence-electron chi connectivity index (χ0n) is 9.74. The van der Waals surface area contributed by atoms with E-state index in [0.29, 0.717) is 5.82 Å². The number of nitrogen functional groups attached to an aromatic ring is 1. The standard InChI is InChI=1S/C10H13N5O2S/c1-15-5-4-13-10(15)7-14-18(16,17)8-2-3-12-9(11)6-8/h2-6,14H,7H2,1H3,(H2,11,12). The van der Waals surface area contributed by atoms with Crippen LogP contribution in [0.25, 0.3) is 0 Å². The maximum absolute atomic E-state index is 12.0. The normalized spacial score (nSPS) is 11.6. The second-order valence-corrected chi connectivity index (χ2v) is 5.46. The zero-order chi connectivity index (χ0) is 13.2. The van der Waals surface area contributed by atoms with E-state index in [4.69, 9.17) is 5.73 Å². The van der Waals surface area contributed by atoms with Crippen LogP contribution in [0, 0.1) is 0 Å². The third kappa shape index (κ3) is 2.66. The SMILES string of the molecule is Cn1ccnc1CNS(=O)(=O)c1ccnc(N)c1. The maximum atomic E-state index is 12.0. The topological polar surface area (TPSA) is 103 Å². The van der Waals surface area contributed by atoms with Gasteiger partial charge in [0.2, 0.25) is 10.0 Å². The molecule has 2 aromatic heterocycles. The Bertz CT molecular complexity index is 650. The van der Waals surface area contributed by atoms with Gasteiger partial charge in [-0.1, -0.05) is 0 Å². The van der Waals surface area contributed by atoms with Gasteiger partial charge >= 0.3 is 0 Å². The first-order chi connectivity index (χ1) is 8.49. The van der Waals surface area contributed by atoms with Crippen LogP contribution in [0.1, 0.15) is 5.82 Å². The van der Waals surface area contributed by atoms with Gasteiger partial charge in [0.15, 0.2) is 0 Å². The van der Waals surface area contributed by atoms with E-state index in [1.54, 1.807) is 24.0 Å². The van der Waals surface area contributed by atoms with E-state index in [1.165, 1.54) is 18.3 Å². The van der Waals surface area contributed by atoms with Crippen molar-refractivity contribution in [1.29, 1.82) is 0 Å². The van der Waals surface area contributed by atoms with Crippen LogP contribution in [-0.4, -0.2) is 23.0 Å². The lowest BCUT2D eigenvalue weighted by Crippen LogP contribution is -2.24. The average Bonchev–Trinajstić information content (AvgIpc) is 2.72. The molecule has 0 spiro atoms. The summed E-state index contributed by atoms with van der Waals surface area (Å²) in [7, 11) is -1.81. The summed E-state index contributed by atoms with van der Waals surface area (Å²) in [6, 6.07) is 2.69. The fraction of sp³-hybridized carbons (Fsp3) is 0.200. The Balaban J connectivity index is 2.16.